The molecule has 0 radical (unpaired) electrons. The molecule has 1 N–H and O–H groups in total. The summed E-state index contributed by atoms with van der Waals surface area (Å²) in [5.74, 6) is 0.654. The van der Waals surface area contributed by atoms with Gasteiger partial charge in [0.2, 0.25) is 0 Å². The lowest BCUT2D eigenvalue weighted by Crippen LogP contribution is -2.35. The molecule has 0 bridgehead atoms. The number of nitrogens with one attached hydrogen (secondary N) is 1. The van der Waals surface area contributed by atoms with Crippen LogP contribution in [0.5, 0.6) is 0 Å². The molecule has 16 heavy (non-hydrogen) atoms. The summed E-state index contributed by atoms with van der Waals surface area (Å²) in [6.07, 6.45) is 2.66. The lowest BCUT2D eigenvalue weighted by molar-refractivity contribution is 0.617. The van der Waals surface area contributed by atoms with Gasteiger partial charge in [0.05, 0.1) is 15.8 Å². The Morgan fingerprint density at radius 3 is 3.00 bits per heavy atom. The van der Waals surface area contributed by atoms with E-state index in [9.17, 15) is 4.39 Å². The van der Waals surface area contributed by atoms with E-state index in [1.165, 1.54) is 12.8 Å². The van der Waals surface area contributed by atoms with Crippen LogP contribution in [0.15, 0.2) is 16.6 Å². The average Bonchev–Trinajstić information content (AvgIpc) is 3.05. The van der Waals surface area contributed by atoms with E-state index in [0.717, 1.165) is 36.9 Å². The third-order valence-corrected chi connectivity index (χ3v) is 3.86. The predicted molar refractivity (Wildman–Crippen MR) is 67.5 cm³/mol. The average molecular weight is 285 g/mol. The van der Waals surface area contributed by atoms with Crippen molar-refractivity contribution in [1.29, 1.82) is 0 Å². The van der Waals surface area contributed by atoms with E-state index in [1.54, 1.807) is 6.07 Å². The van der Waals surface area contributed by atoms with E-state index in [1.807, 2.05) is 6.07 Å². The summed E-state index contributed by atoms with van der Waals surface area (Å²) >= 11 is 3.22. The quantitative estimate of drug-likeness (QED) is 0.897. The molecular weight excluding hydrogens is 271 g/mol. The van der Waals surface area contributed by atoms with Crippen LogP contribution >= 0.6 is 15.9 Å². The van der Waals surface area contributed by atoms with Gasteiger partial charge in [-0.05, 0) is 40.8 Å². The van der Waals surface area contributed by atoms with Gasteiger partial charge in [-0.1, -0.05) is 0 Å². The van der Waals surface area contributed by atoms with Gasteiger partial charge in [0.15, 0.2) is 0 Å². The fourth-order valence-corrected chi connectivity index (χ4v) is 2.53. The maximum atomic E-state index is 13.5. The molecule has 1 aliphatic heterocycles. The van der Waals surface area contributed by atoms with E-state index in [-0.39, 0.29) is 5.82 Å². The number of rotatable bonds is 2. The number of benzene rings is 1. The Kier molecular flexibility index (Phi) is 2.54. The number of halogens is 2. The van der Waals surface area contributed by atoms with E-state index in [2.05, 4.69) is 26.1 Å². The third kappa shape index (κ3) is 1.90. The molecule has 1 aliphatic carbocycles. The van der Waals surface area contributed by atoms with Crippen molar-refractivity contribution in [2.24, 2.45) is 5.92 Å². The summed E-state index contributed by atoms with van der Waals surface area (Å²) in [6, 6.07) is 3.47. The van der Waals surface area contributed by atoms with E-state index in [4.69, 9.17) is 0 Å². The molecule has 1 fully saturated rings. The van der Waals surface area contributed by atoms with E-state index >= 15 is 0 Å². The number of nitrogens with zero attached hydrogens (tertiary/aromatic N) is 1. The number of anilines is 2. The molecule has 1 heterocycles. The van der Waals surface area contributed by atoms with Crippen molar-refractivity contribution in [2.45, 2.75) is 12.8 Å². The Morgan fingerprint density at radius 2 is 2.25 bits per heavy atom. The number of hydrogen-bond donors (Lipinski definition) is 1. The SMILES string of the molecule is Fc1cc2c(cc1Br)NCCN2CC1CC1. The number of hydrogen-bond acceptors (Lipinski definition) is 2. The first-order chi connectivity index (χ1) is 7.74. The van der Waals surface area contributed by atoms with Crippen LogP contribution in [0.3, 0.4) is 0 Å². The second-order valence-electron chi connectivity index (χ2n) is 4.60. The predicted octanol–water partition coefficient (Wildman–Crippen LogP) is 3.23. The van der Waals surface area contributed by atoms with Gasteiger partial charge >= 0.3 is 0 Å². The molecule has 3 rings (SSSR count). The Balaban J connectivity index is 1.93. The van der Waals surface area contributed by atoms with Crippen molar-refractivity contribution in [2.75, 3.05) is 29.9 Å². The van der Waals surface area contributed by atoms with Crippen molar-refractivity contribution >= 4 is 27.3 Å². The van der Waals surface area contributed by atoms with Gasteiger partial charge in [-0.3, -0.25) is 0 Å². The molecule has 0 aromatic heterocycles. The van der Waals surface area contributed by atoms with Crippen LogP contribution in [0.1, 0.15) is 12.8 Å². The van der Waals surface area contributed by atoms with E-state index < -0.39 is 0 Å². The summed E-state index contributed by atoms with van der Waals surface area (Å²) in [5.41, 5.74) is 2.05. The molecule has 0 amide bonds. The van der Waals surface area contributed by atoms with Gasteiger partial charge in [0.25, 0.3) is 0 Å². The van der Waals surface area contributed by atoms with Crippen LogP contribution in [0, 0.1) is 11.7 Å². The first kappa shape index (κ1) is 10.4. The highest BCUT2D eigenvalue weighted by Gasteiger charge is 2.27. The molecular formula is C12H14BrFN2. The molecule has 1 aromatic carbocycles. The Morgan fingerprint density at radius 1 is 1.44 bits per heavy atom. The van der Waals surface area contributed by atoms with Gasteiger partial charge in [0.1, 0.15) is 5.82 Å². The van der Waals surface area contributed by atoms with Crippen molar-refractivity contribution in [3.63, 3.8) is 0 Å². The van der Waals surface area contributed by atoms with Crippen LogP contribution in [-0.4, -0.2) is 19.6 Å². The van der Waals surface area contributed by atoms with Crippen molar-refractivity contribution in [1.82, 2.24) is 0 Å². The minimum Gasteiger partial charge on any atom is -0.382 e. The molecule has 2 nitrogen and oxygen atoms in total. The summed E-state index contributed by atoms with van der Waals surface area (Å²) in [5, 5.41) is 3.32. The highest BCUT2D eigenvalue weighted by molar-refractivity contribution is 9.10. The van der Waals surface area contributed by atoms with Crippen LogP contribution in [0.4, 0.5) is 15.8 Å². The first-order valence-corrected chi connectivity index (χ1v) is 6.51. The highest BCUT2D eigenvalue weighted by atomic mass is 79.9. The van der Waals surface area contributed by atoms with Crippen molar-refractivity contribution in [3.05, 3.63) is 22.4 Å². The standard InChI is InChI=1S/C12H14BrFN2/c13-9-5-11-12(6-10(9)14)16(4-3-15-11)7-8-1-2-8/h5-6,8,15H,1-4,7H2. The van der Waals surface area contributed by atoms with Gasteiger partial charge in [0, 0.05) is 25.7 Å². The molecule has 4 heteroatoms. The topological polar surface area (TPSA) is 15.3 Å². The van der Waals surface area contributed by atoms with Crippen LogP contribution in [0.25, 0.3) is 0 Å². The largest absolute Gasteiger partial charge is 0.382 e. The first-order valence-electron chi connectivity index (χ1n) is 5.72. The molecule has 1 aromatic rings. The molecule has 0 unspecified atom stereocenters. The van der Waals surface area contributed by atoms with Crippen LogP contribution in [-0.2, 0) is 0 Å². The maximum absolute atomic E-state index is 13.5. The van der Waals surface area contributed by atoms with Gasteiger partial charge in [-0.2, -0.15) is 0 Å². The molecule has 0 saturated heterocycles. The zero-order valence-corrected chi connectivity index (χ0v) is 10.6. The van der Waals surface area contributed by atoms with Crippen LogP contribution in [0.2, 0.25) is 0 Å². The lowest BCUT2D eigenvalue weighted by Gasteiger charge is -2.32. The molecule has 0 atom stereocenters. The summed E-state index contributed by atoms with van der Waals surface area (Å²) < 4.78 is 14.1. The van der Waals surface area contributed by atoms with Crippen LogP contribution < -0.4 is 10.2 Å². The third-order valence-electron chi connectivity index (χ3n) is 3.25. The molecule has 1 saturated carbocycles. The monoisotopic (exact) mass is 284 g/mol. The van der Waals surface area contributed by atoms with Gasteiger partial charge in [-0.15, -0.1) is 0 Å². The zero-order valence-electron chi connectivity index (χ0n) is 8.97. The Labute approximate surface area is 103 Å². The second kappa shape index (κ2) is 3.91. The van der Waals surface area contributed by atoms with E-state index in [0.29, 0.717) is 4.47 Å². The number of fused-ring (bicyclic) bond motifs is 1. The van der Waals surface area contributed by atoms with Gasteiger partial charge < -0.3 is 10.2 Å². The minimum absolute atomic E-state index is 0.178. The zero-order chi connectivity index (χ0) is 11.1. The fraction of sp³-hybridized carbons (Fsp3) is 0.500. The molecule has 2 aliphatic rings. The van der Waals surface area contributed by atoms with Crippen molar-refractivity contribution < 1.29 is 4.39 Å². The summed E-state index contributed by atoms with van der Waals surface area (Å²) in [6.45, 7) is 3.00. The second-order valence-corrected chi connectivity index (χ2v) is 5.45. The Hall–Kier alpha value is -0.770. The minimum atomic E-state index is -0.178. The summed E-state index contributed by atoms with van der Waals surface area (Å²) in [7, 11) is 0. The fourth-order valence-electron chi connectivity index (χ4n) is 2.19. The smallest absolute Gasteiger partial charge is 0.139 e. The maximum Gasteiger partial charge on any atom is 0.139 e. The summed E-state index contributed by atoms with van der Waals surface area (Å²) in [4.78, 5) is 2.30. The normalized spacial score (nSPS) is 19.2. The van der Waals surface area contributed by atoms with Gasteiger partial charge in [-0.25, -0.2) is 4.39 Å². The van der Waals surface area contributed by atoms with Crippen molar-refractivity contribution in [3.8, 4) is 0 Å². The highest BCUT2D eigenvalue weighted by Crippen LogP contribution is 2.37. The lowest BCUT2D eigenvalue weighted by atomic mass is 10.2. The Bertz CT molecular complexity index is 418. The molecule has 86 valence electrons. The molecule has 0 spiro atoms.